The molecule has 0 saturated heterocycles. The van der Waals surface area contributed by atoms with Gasteiger partial charge < -0.3 is 9.32 Å². The van der Waals surface area contributed by atoms with E-state index in [1.165, 1.54) is 60.3 Å². The van der Waals surface area contributed by atoms with Gasteiger partial charge in [-0.3, -0.25) is 0 Å². The monoisotopic (exact) mass is 739 g/mol. The van der Waals surface area contributed by atoms with E-state index in [0.717, 1.165) is 44.7 Å². The molecule has 0 radical (unpaired) electrons. The van der Waals surface area contributed by atoms with Crippen molar-refractivity contribution in [2.24, 2.45) is 0 Å². The van der Waals surface area contributed by atoms with Crippen molar-refractivity contribution in [3.63, 3.8) is 0 Å². The zero-order chi connectivity index (χ0) is 38.4. The summed E-state index contributed by atoms with van der Waals surface area (Å²) in [5, 5.41) is 7.17. The normalized spacial score (nSPS) is 11.4. The van der Waals surface area contributed by atoms with Crippen LogP contribution in [0.5, 0.6) is 0 Å². The Morgan fingerprint density at radius 2 is 0.862 bits per heavy atom. The maximum absolute atomic E-state index is 6.25. The van der Waals surface area contributed by atoms with Crippen LogP contribution in [-0.4, -0.2) is 0 Å². The number of fused-ring (bicyclic) bond motifs is 6. The van der Waals surface area contributed by atoms with E-state index < -0.39 is 0 Å². The first kappa shape index (κ1) is 33.6. The summed E-state index contributed by atoms with van der Waals surface area (Å²) in [6.07, 6.45) is 0. The van der Waals surface area contributed by atoms with Gasteiger partial charge >= 0.3 is 0 Å². The molecule has 272 valence electrons. The van der Waals surface area contributed by atoms with Gasteiger partial charge in [-0.25, -0.2) is 0 Å². The average molecular weight is 740 g/mol. The lowest BCUT2D eigenvalue weighted by atomic mass is 9.95. The average Bonchev–Trinajstić information content (AvgIpc) is 3.69. The molecule has 0 aliphatic rings. The summed E-state index contributed by atoms with van der Waals surface area (Å²) in [4.78, 5) is 2.41. The maximum Gasteiger partial charge on any atom is 0.136 e. The highest BCUT2D eigenvalue weighted by atomic mass is 16.3. The Bertz CT molecular complexity index is 3280. The molecule has 2 nitrogen and oxygen atoms in total. The van der Waals surface area contributed by atoms with Crippen molar-refractivity contribution >= 4 is 60.5 Å². The van der Waals surface area contributed by atoms with Crippen LogP contribution in [0, 0.1) is 0 Å². The quantitative estimate of drug-likeness (QED) is 0.162. The van der Waals surface area contributed by atoms with Gasteiger partial charge in [0.05, 0.1) is 5.69 Å². The highest BCUT2D eigenvalue weighted by Crippen LogP contribution is 2.44. The zero-order valence-electron chi connectivity index (χ0n) is 31.7. The molecule has 11 aromatic rings. The van der Waals surface area contributed by atoms with Crippen molar-refractivity contribution < 1.29 is 4.42 Å². The molecule has 0 aliphatic heterocycles. The fraction of sp³-hybridized carbons (Fsp3) is 0. The SMILES string of the molecule is c1ccc(-c2ccc(N(c3cccc(-c4cccc(-c5ccc6ccc7oc8ccccc8c7c6c5)c4)c3)c3ccccc3-c3cccc4ccccc34)cc2)cc1. The van der Waals surface area contributed by atoms with E-state index in [1.54, 1.807) is 0 Å². The second-order valence-electron chi connectivity index (χ2n) is 14.9. The molecule has 0 amide bonds. The van der Waals surface area contributed by atoms with Crippen LogP contribution in [0.15, 0.2) is 229 Å². The molecule has 0 bridgehead atoms. The lowest BCUT2D eigenvalue weighted by molar-refractivity contribution is 0.669. The highest BCUT2D eigenvalue weighted by molar-refractivity contribution is 6.19. The zero-order valence-corrected chi connectivity index (χ0v) is 31.7. The third-order valence-corrected chi connectivity index (χ3v) is 11.5. The van der Waals surface area contributed by atoms with Crippen molar-refractivity contribution in [3.05, 3.63) is 224 Å². The minimum Gasteiger partial charge on any atom is -0.456 e. The Morgan fingerprint density at radius 1 is 0.293 bits per heavy atom. The minimum atomic E-state index is 0.915. The number of para-hydroxylation sites is 2. The Kier molecular flexibility index (Phi) is 8.19. The Labute approximate surface area is 337 Å². The fourth-order valence-corrected chi connectivity index (χ4v) is 8.64. The van der Waals surface area contributed by atoms with Gasteiger partial charge in [0.2, 0.25) is 0 Å². The van der Waals surface area contributed by atoms with Crippen molar-refractivity contribution in [2.75, 3.05) is 4.90 Å². The second-order valence-corrected chi connectivity index (χ2v) is 14.9. The lowest BCUT2D eigenvalue weighted by Gasteiger charge is -2.29. The van der Waals surface area contributed by atoms with Crippen LogP contribution in [0.25, 0.3) is 88.0 Å². The Balaban J connectivity index is 1.04. The largest absolute Gasteiger partial charge is 0.456 e. The predicted molar refractivity (Wildman–Crippen MR) is 245 cm³/mol. The molecule has 10 aromatic carbocycles. The summed E-state index contributed by atoms with van der Waals surface area (Å²) in [7, 11) is 0. The summed E-state index contributed by atoms with van der Waals surface area (Å²) >= 11 is 0. The van der Waals surface area contributed by atoms with Crippen LogP contribution >= 0.6 is 0 Å². The van der Waals surface area contributed by atoms with Gasteiger partial charge in [0.25, 0.3) is 0 Å². The summed E-state index contributed by atoms with van der Waals surface area (Å²) in [6, 6.07) is 80.8. The van der Waals surface area contributed by atoms with Crippen molar-refractivity contribution in [1.82, 2.24) is 0 Å². The first-order chi connectivity index (χ1) is 28.7. The van der Waals surface area contributed by atoms with Crippen molar-refractivity contribution in [1.29, 1.82) is 0 Å². The van der Waals surface area contributed by atoms with Gasteiger partial charge in [-0.1, -0.05) is 170 Å². The van der Waals surface area contributed by atoms with Gasteiger partial charge in [0.1, 0.15) is 11.2 Å². The molecule has 0 aliphatic carbocycles. The van der Waals surface area contributed by atoms with Gasteiger partial charge in [-0.05, 0) is 115 Å². The molecule has 1 aromatic heterocycles. The van der Waals surface area contributed by atoms with Crippen LogP contribution in [0.3, 0.4) is 0 Å². The second kappa shape index (κ2) is 14.1. The highest BCUT2D eigenvalue weighted by Gasteiger charge is 2.19. The van der Waals surface area contributed by atoms with E-state index >= 15 is 0 Å². The van der Waals surface area contributed by atoms with Gasteiger partial charge in [-0.2, -0.15) is 0 Å². The number of nitrogens with zero attached hydrogens (tertiary/aromatic N) is 1. The number of rotatable bonds is 7. The molecule has 2 heteroatoms. The standard InChI is InChI=1S/C56H37NO/c1-2-13-38(14-3-1)39-29-32-46(33-30-39)57(53-25-8-6-22-50(53)49-24-12-16-40-15-4-5-21-48(40)49)47-20-11-19-44(36-47)42-17-10-18-43(35-42)45-28-27-41-31-34-55-56(52(41)37-45)51-23-7-9-26-54(51)58-55/h1-37H. The number of benzene rings is 10. The predicted octanol–water partition coefficient (Wildman–Crippen LogP) is 16.0. The smallest absolute Gasteiger partial charge is 0.136 e. The van der Waals surface area contributed by atoms with Gasteiger partial charge in [0, 0.05) is 27.7 Å². The third-order valence-electron chi connectivity index (χ3n) is 11.5. The summed E-state index contributed by atoms with van der Waals surface area (Å²) < 4.78 is 6.25. The topological polar surface area (TPSA) is 16.4 Å². The number of hydrogen-bond donors (Lipinski definition) is 0. The van der Waals surface area contributed by atoms with Crippen LogP contribution in [0.4, 0.5) is 17.1 Å². The molecule has 58 heavy (non-hydrogen) atoms. The summed E-state index contributed by atoms with van der Waals surface area (Å²) in [5.74, 6) is 0. The van der Waals surface area contributed by atoms with E-state index in [4.69, 9.17) is 4.42 Å². The molecule has 0 unspecified atom stereocenters. The molecule has 0 spiro atoms. The molecule has 0 N–H and O–H groups in total. The Morgan fingerprint density at radius 3 is 1.72 bits per heavy atom. The van der Waals surface area contributed by atoms with E-state index in [2.05, 4.69) is 217 Å². The Hall–Kier alpha value is -7.68. The van der Waals surface area contributed by atoms with E-state index in [-0.39, 0.29) is 0 Å². The summed E-state index contributed by atoms with van der Waals surface area (Å²) in [6.45, 7) is 0. The van der Waals surface area contributed by atoms with E-state index in [1.807, 2.05) is 12.1 Å². The number of anilines is 3. The number of furan rings is 1. The van der Waals surface area contributed by atoms with Gasteiger partial charge in [-0.15, -0.1) is 0 Å². The molecule has 0 saturated carbocycles. The van der Waals surface area contributed by atoms with Crippen molar-refractivity contribution in [3.8, 4) is 44.5 Å². The van der Waals surface area contributed by atoms with Crippen LogP contribution in [0.1, 0.15) is 0 Å². The van der Waals surface area contributed by atoms with Crippen molar-refractivity contribution in [2.45, 2.75) is 0 Å². The first-order valence-corrected chi connectivity index (χ1v) is 19.8. The van der Waals surface area contributed by atoms with E-state index in [9.17, 15) is 0 Å². The third kappa shape index (κ3) is 5.91. The minimum absolute atomic E-state index is 0.915. The number of hydrogen-bond acceptors (Lipinski definition) is 2. The van der Waals surface area contributed by atoms with E-state index in [0.29, 0.717) is 0 Å². The lowest BCUT2D eigenvalue weighted by Crippen LogP contribution is -2.11. The fourth-order valence-electron chi connectivity index (χ4n) is 8.64. The van der Waals surface area contributed by atoms with Crippen LogP contribution in [-0.2, 0) is 0 Å². The van der Waals surface area contributed by atoms with Crippen LogP contribution in [0.2, 0.25) is 0 Å². The molecule has 0 atom stereocenters. The molecular formula is C56H37NO. The molecule has 11 rings (SSSR count). The molecule has 0 fully saturated rings. The maximum atomic E-state index is 6.25. The molecule has 1 heterocycles. The van der Waals surface area contributed by atoms with Crippen LogP contribution < -0.4 is 4.90 Å². The first-order valence-electron chi connectivity index (χ1n) is 19.8. The molecular weight excluding hydrogens is 703 g/mol. The van der Waals surface area contributed by atoms with Gasteiger partial charge in [0.15, 0.2) is 0 Å². The summed E-state index contributed by atoms with van der Waals surface area (Å²) in [5.41, 5.74) is 14.5.